The van der Waals surface area contributed by atoms with Crippen molar-refractivity contribution in [2.75, 3.05) is 19.6 Å². The predicted octanol–water partition coefficient (Wildman–Crippen LogP) is 1.18. The fourth-order valence-electron chi connectivity index (χ4n) is 3.20. The minimum atomic E-state index is 0.361. The third-order valence-corrected chi connectivity index (χ3v) is 4.04. The Morgan fingerprint density at radius 1 is 1.35 bits per heavy atom. The van der Waals surface area contributed by atoms with Gasteiger partial charge in [0.1, 0.15) is 0 Å². The van der Waals surface area contributed by atoms with Crippen LogP contribution in [0.15, 0.2) is 10.9 Å². The van der Waals surface area contributed by atoms with Crippen LogP contribution in [0.2, 0.25) is 0 Å². The molecular weight excluding hydrogens is 216 g/mol. The average Bonchev–Trinajstić information content (AvgIpc) is 2.83. The van der Waals surface area contributed by atoms with E-state index in [0.29, 0.717) is 5.54 Å². The van der Waals surface area contributed by atoms with Crippen LogP contribution in [-0.2, 0) is 6.54 Å². The molecular formula is C12H20N4O. The number of nitrogens with zero attached hydrogens (tertiary/aromatic N) is 3. The summed E-state index contributed by atoms with van der Waals surface area (Å²) < 4.78 is 4.79. The molecule has 1 aliphatic carbocycles. The average molecular weight is 236 g/mol. The van der Waals surface area contributed by atoms with Gasteiger partial charge >= 0.3 is 0 Å². The first-order valence-electron chi connectivity index (χ1n) is 6.59. The first-order valence-corrected chi connectivity index (χ1v) is 6.59. The molecule has 3 rings (SSSR count). The van der Waals surface area contributed by atoms with E-state index in [2.05, 4.69) is 20.4 Å². The zero-order chi connectivity index (χ0) is 11.6. The highest BCUT2D eigenvalue weighted by molar-refractivity contribution is 4.97. The quantitative estimate of drug-likeness (QED) is 0.835. The molecule has 5 heteroatoms. The molecule has 2 aliphatic rings. The van der Waals surface area contributed by atoms with Crippen molar-refractivity contribution < 1.29 is 4.52 Å². The number of hydrogen-bond acceptors (Lipinski definition) is 5. The maximum absolute atomic E-state index is 4.79. The van der Waals surface area contributed by atoms with Gasteiger partial charge in [0.2, 0.25) is 6.39 Å². The fraction of sp³-hybridized carbons (Fsp3) is 0.833. The second-order valence-electron chi connectivity index (χ2n) is 5.33. The van der Waals surface area contributed by atoms with Gasteiger partial charge in [0, 0.05) is 25.2 Å². The molecule has 0 unspecified atom stereocenters. The second kappa shape index (κ2) is 4.74. The summed E-state index contributed by atoms with van der Waals surface area (Å²) in [5.41, 5.74) is 0.361. The van der Waals surface area contributed by atoms with E-state index in [0.717, 1.165) is 32.0 Å². The smallest absolute Gasteiger partial charge is 0.213 e. The highest BCUT2D eigenvalue weighted by Gasteiger charge is 2.36. The van der Waals surface area contributed by atoms with Crippen molar-refractivity contribution in [3.05, 3.63) is 12.2 Å². The minimum absolute atomic E-state index is 0.361. The molecule has 1 saturated heterocycles. The van der Waals surface area contributed by atoms with Crippen molar-refractivity contribution >= 4 is 0 Å². The van der Waals surface area contributed by atoms with Gasteiger partial charge in [-0.1, -0.05) is 24.4 Å². The number of rotatable bonds is 2. The van der Waals surface area contributed by atoms with Crippen molar-refractivity contribution in [2.24, 2.45) is 0 Å². The molecule has 0 radical (unpaired) electrons. The third-order valence-electron chi connectivity index (χ3n) is 4.04. The van der Waals surface area contributed by atoms with Crippen LogP contribution in [0.5, 0.6) is 0 Å². The SMILES string of the molecule is c1nc(CN2CCNC3(CCCCC3)C2)no1. The van der Waals surface area contributed by atoms with Crippen LogP contribution in [0.3, 0.4) is 0 Å². The number of hydrogen-bond donors (Lipinski definition) is 1. The van der Waals surface area contributed by atoms with Crippen LogP contribution in [0.4, 0.5) is 0 Å². The lowest BCUT2D eigenvalue weighted by molar-refractivity contribution is 0.0921. The van der Waals surface area contributed by atoms with Gasteiger partial charge in [-0.15, -0.1) is 0 Å². The third kappa shape index (κ3) is 2.50. The van der Waals surface area contributed by atoms with E-state index < -0.39 is 0 Å². The molecule has 1 spiro atoms. The normalized spacial score (nSPS) is 25.2. The van der Waals surface area contributed by atoms with E-state index >= 15 is 0 Å². The second-order valence-corrected chi connectivity index (χ2v) is 5.33. The van der Waals surface area contributed by atoms with Crippen LogP contribution < -0.4 is 5.32 Å². The molecule has 1 aliphatic heterocycles. The molecule has 0 bridgehead atoms. The van der Waals surface area contributed by atoms with E-state index in [1.807, 2.05) is 0 Å². The van der Waals surface area contributed by atoms with Crippen LogP contribution >= 0.6 is 0 Å². The number of piperazine rings is 1. The van der Waals surface area contributed by atoms with Gasteiger partial charge in [-0.25, -0.2) is 0 Å². The Labute approximate surface area is 102 Å². The Hall–Kier alpha value is -0.940. The van der Waals surface area contributed by atoms with Gasteiger partial charge in [0.25, 0.3) is 0 Å². The maximum Gasteiger partial charge on any atom is 0.213 e. The molecule has 5 nitrogen and oxygen atoms in total. The minimum Gasteiger partial charge on any atom is -0.343 e. The van der Waals surface area contributed by atoms with E-state index in [4.69, 9.17) is 4.52 Å². The summed E-state index contributed by atoms with van der Waals surface area (Å²) in [7, 11) is 0. The Morgan fingerprint density at radius 2 is 2.24 bits per heavy atom. The standard InChI is InChI=1S/C12H20N4O/c1-2-4-12(5-3-1)9-16(7-6-14-12)8-11-13-10-17-15-11/h10,14H,1-9H2. The van der Waals surface area contributed by atoms with E-state index in [1.165, 1.54) is 38.5 Å². The van der Waals surface area contributed by atoms with E-state index in [9.17, 15) is 0 Å². The summed E-state index contributed by atoms with van der Waals surface area (Å²) in [6.07, 6.45) is 8.17. The van der Waals surface area contributed by atoms with Gasteiger partial charge in [-0.3, -0.25) is 4.90 Å². The summed E-state index contributed by atoms with van der Waals surface area (Å²) in [6, 6.07) is 0. The molecule has 0 atom stereocenters. The number of nitrogens with one attached hydrogen (secondary N) is 1. The lowest BCUT2D eigenvalue weighted by Gasteiger charge is -2.45. The monoisotopic (exact) mass is 236 g/mol. The van der Waals surface area contributed by atoms with Gasteiger partial charge in [0.05, 0.1) is 6.54 Å². The molecule has 0 amide bonds. The Bertz CT molecular complexity index is 340. The summed E-state index contributed by atoms with van der Waals surface area (Å²) >= 11 is 0. The van der Waals surface area contributed by atoms with Crippen molar-refractivity contribution in [3.8, 4) is 0 Å². The van der Waals surface area contributed by atoms with E-state index in [1.54, 1.807) is 0 Å². The molecule has 2 fully saturated rings. The highest BCUT2D eigenvalue weighted by Crippen LogP contribution is 2.30. The van der Waals surface area contributed by atoms with Crippen molar-refractivity contribution in [3.63, 3.8) is 0 Å². The zero-order valence-corrected chi connectivity index (χ0v) is 10.2. The molecule has 94 valence electrons. The number of aromatic nitrogens is 2. The summed E-state index contributed by atoms with van der Waals surface area (Å²) in [5, 5.41) is 7.63. The maximum atomic E-state index is 4.79. The molecule has 1 aromatic heterocycles. The van der Waals surface area contributed by atoms with Gasteiger partial charge in [0.15, 0.2) is 5.82 Å². The molecule has 0 aromatic carbocycles. The topological polar surface area (TPSA) is 54.2 Å². The largest absolute Gasteiger partial charge is 0.343 e. The molecule has 17 heavy (non-hydrogen) atoms. The Morgan fingerprint density at radius 3 is 3.00 bits per heavy atom. The Kier molecular flexibility index (Phi) is 3.11. The molecule has 1 saturated carbocycles. The zero-order valence-electron chi connectivity index (χ0n) is 10.2. The lowest BCUT2D eigenvalue weighted by atomic mass is 9.80. The summed E-state index contributed by atoms with van der Waals surface area (Å²) in [5.74, 6) is 0.804. The van der Waals surface area contributed by atoms with Gasteiger partial charge in [-0.05, 0) is 12.8 Å². The van der Waals surface area contributed by atoms with Crippen molar-refractivity contribution in [1.29, 1.82) is 0 Å². The summed E-state index contributed by atoms with van der Waals surface area (Å²) in [6.45, 7) is 4.11. The molecule has 2 heterocycles. The first kappa shape index (κ1) is 11.2. The van der Waals surface area contributed by atoms with Crippen molar-refractivity contribution in [2.45, 2.75) is 44.2 Å². The van der Waals surface area contributed by atoms with Crippen LogP contribution in [0, 0.1) is 0 Å². The summed E-state index contributed by atoms with van der Waals surface area (Å²) in [4.78, 5) is 6.56. The first-order chi connectivity index (χ1) is 8.36. The van der Waals surface area contributed by atoms with Gasteiger partial charge < -0.3 is 9.84 Å². The lowest BCUT2D eigenvalue weighted by Crippen LogP contribution is -2.60. The fourth-order valence-corrected chi connectivity index (χ4v) is 3.20. The molecule has 1 N–H and O–H groups in total. The van der Waals surface area contributed by atoms with Crippen molar-refractivity contribution in [1.82, 2.24) is 20.4 Å². The molecule has 1 aromatic rings. The van der Waals surface area contributed by atoms with Crippen LogP contribution in [0.1, 0.15) is 37.9 Å². The van der Waals surface area contributed by atoms with Gasteiger partial charge in [-0.2, -0.15) is 4.98 Å². The predicted molar refractivity (Wildman–Crippen MR) is 63.4 cm³/mol. The van der Waals surface area contributed by atoms with Crippen LogP contribution in [-0.4, -0.2) is 40.2 Å². The van der Waals surface area contributed by atoms with E-state index in [-0.39, 0.29) is 0 Å². The highest BCUT2D eigenvalue weighted by atomic mass is 16.5. The Balaban J connectivity index is 1.62. The van der Waals surface area contributed by atoms with Crippen LogP contribution in [0.25, 0.3) is 0 Å².